The lowest BCUT2D eigenvalue weighted by Gasteiger charge is -2.20. The van der Waals surface area contributed by atoms with E-state index in [9.17, 15) is 9.90 Å². The van der Waals surface area contributed by atoms with Gasteiger partial charge in [0, 0.05) is 6.42 Å². The van der Waals surface area contributed by atoms with Crippen LogP contribution in [0.15, 0.2) is 36.4 Å². The van der Waals surface area contributed by atoms with E-state index in [4.69, 9.17) is 15.6 Å². The van der Waals surface area contributed by atoms with Gasteiger partial charge >= 0.3 is 5.97 Å². The Bertz CT molecular complexity index is 706. The van der Waals surface area contributed by atoms with Gasteiger partial charge in [0.15, 0.2) is 5.75 Å². The predicted octanol–water partition coefficient (Wildman–Crippen LogP) is 3.74. The summed E-state index contributed by atoms with van der Waals surface area (Å²) in [7, 11) is 0. The minimum atomic E-state index is -1.31. The Balaban J connectivity index is 2.27. The number of carboxylic acid groups (broad SMARTS) is 1. The van der Waals surface area contributed by atoms with Gasteiger partial charge < -0.3 is 20.7 Å². The van der Waals surface area contributed by atoms with Crippen molar-refractivity contribution in [2.24, 2.45) is 5.73 Å². The second kappa shape index (κ2) is 7.22. The van der Waals surface area contributed by atoms with Crippen LogP contribution in [0.2, 0.25) is 0 Å². The van der Waals surface area contributed by atoms with Gasteiger partial charge in [-0.05, 0) is 94.1 Å². The summed E-state index contributed by atoms with van der Waals surface area (Å²) in [5.41, 5.74) is 5.33. The molecule has 5 nitrogen and oxygen atoms in total. The molecule has 0 saturated carbocycles. The topological polar surface area (TPSA) is 92.8 Å². The first-order valence-electron chi connectivity index (χ1n) is 6.66. The summed E-state index contributed by atoms with van der Waals surface area (Å²) >= 11 is 4.29. The average Bonchev–Trinajstić information content (AvgIpc) is 2.44. The van der Waals surface area contributed by atoms with Gasteiger partial charge in [-0.1, -0.05) is 0 Å². The second-order valence-corrected chi connectivity index (χ2v) is 7.71. The average molecular weight is 539 g/mol. The number of benzene rings is 2. The molecule has 2 rings (SSSR count). The Labute approximate surface area is 161 Å². The van der Waals surface area contributed by atoms with E-state index in [2.05, 4.69) is 45.2 Å². The quantitative estimate of drug-likeness (QED) is 0.504. The molecule has 4 N–H and O–H groups in total. The van der Waals surface area contributed by atoms with Gasteiger partial charge in [0.1, 0.15) is 17.0 Å². The monoisotopic (exact) mass is 539 g/mol. The molecule has 7 heteroatoms. The maximum atomic E-state index is 11.2. The summed E-state index contributed by atoms with van der Waals surface area (Å²) in [5.74, 6) is 0.440. The fourth-order valence-electron chi connectivity index (χ4n) is 1.94. The van der Waals surface area contributed by atoms with E-state index < -0.39 is 11.5 Å². The van der Waals surface area contributed by atoms with Crippen molar-refractivity contribution in [3.8, 4) is 17.2 Å². The number of carbonyl (C=O) groups is 1. The van der Waals surface area contributed by atoms with E-state index in [0.717, 1.165) is 12.7 Å². The standard InChI is InChI=1S/C16H15I2NO4/c1-16(19,15(21)22)8-9-6-12(17)14(13(18)7-9)23-11-4-2-10(20)3-5-11/h2-7,20H,8,19H2,1H3,(H,21,22)/t16-/m0/s1. The van der Waals surface area contributed by atoms with Crippen molar-refractivity contribution in [2.45, 2.75) is 18.9 Å². The summed E-state index contributed by atoms with van der Waals surface area (Å²) in [6.45, 7) is 1.50. The molecule has 0 bridgehead atoms. The van der Waals surface area contributed by atoms with Gasteiger partial charge in [-0.25, -0.2) is 0 Å². The molecule has 0 saturated heterocycles. The van der Waals surface area contributed by atoms with Crippen molar-refractivity contribution in [1.29, 1.82) is 0 Å². The molecule has 23 heavy (non-hydrogen) atoms. The van der Waals surface area contributed by atoms with Crippen LogP contribution in [0, 0.1) is 7.14 Å². The lowest BCUT2D eigenvalue weighted by molar-refractivity contribution is -0.142. The number of aromatic hydroxyl groups is 1. The van der Waals surface area contributed by atoms with Gasteiger partial charge in [-0.15, -0.1) is 0 Å². The molecule has 2 aromatic carbocycles. The minimum absolute atomic E-state index is 0.174. The van der Waals surface area contributed by atoms with Crippen LogP contribution in [-0.4, -0.2) is 21.7 Å². The molecule has 1 atom stereocenters. The smallest absolute Gasteiger partial charge is 0.323 e. The third-order valence-electron chi connectivity index (χ3n) is 3.17. The highest BCUT2D eigenvalue weighted by Crippen LogP contribution is 2.34. The molecule has 0 amide bonds. The summed E-state index contributed by atoms with van der Waals surface area (Å²) in [6.07, 6.45) is 0.230. The Kier molecular flexibility index (Phi) is 5.74. The molecule has 0 aliphatic carbocycles. The van der Waals surface area contributed by atoms with Crippen molar-refractivity contribution in [3.63, 3.8) is 0 Å². The van der Waals surface area contributed by atoms with E-state index >= 15 is 0 Å². The Morgan fingerprint density at radius 3 is 2.22 bits per heavy atom. The van der Waals surface area contributed by atoms with Crippen LogP contribution in [0.1, 0.15) is 12.5 Å². The Morgan fingerprint density at radius 2 is 1.74 bits per heavy atom. The third kappa shape index (κ3) is 4.70. The number of phenols is 1. The number of aliphatic carboxylic acids is 1. The number of nitrogens with two attached hydrogens (primary N) is 1. The Morgan fingerprint density at radius 1 is 1.22 bits per heavy atom. The van der Waals surface area contributed by atoms with Crippen LogP contribution in [0.3, 0.4) is 0 Å². The molecule has 2 aromatic rings. The van der Waals surface area contributed by atoms with Gasteiger partial charge in [0.05, 0.1) is 7.14 Å². The van der Waals surface area contributed by atoms with Crippen molar-refractivity contribution in [1.82, 2.24) is 0 Å². The van der Waals surface area contributed by atoms with Crippen LogP contribution in [0.25, 0.3) is 0 Å². The zero-order chi connectivity index (χ0) is 17.2. The highest BCUT2D eigenvalue weighted by molar-refractivity contribution is 14.1. The summed E-state index contributed by atoms with van der Waals surface area (Å²) in [4.78, 5) is 11.2. The van der Waals surface area contributed by atoms with Crippen molar-refractivity contribution >= 4 is 51.2 Å². The summed E-state index contributed by atoms with van der Waals surface area (Å²) in [6, 6.07) is 10.2. The molecule has 0 fully saturated rings. The zero-order valence-electron chi connectivity index (χ0n) is 12.2. The fourth-order valence-corrected chi connectivity index (χ4v) is 4.06. The minimum Gasteiger partial charge on any atom is -0.508 e. The van der Waals surface area contributed by atoms with Crippen molar-refractivity contribution in [3.05, 3.63) is 49.1 Å². The maximum absolute atomic E-state index is 11.2. The number of phenolic OH excluding ortho intramolecular Hbond substituents is 1. The fraction of sp³-hybridized carbons (Fsp3) is 0.188. The highest BCUT2D eigenvalue weighted by Gasteiger charge is 2.28. The number of halogens is 2. The molecule has 0 aromatic heterocycles. The number of ether oxygens (including phenoxy) is 1. The van der Waals surface area contributed by atoms with Gasteiger partial charge in [-0.3, -0.25) is 4.79 Å². The normalized spacial score (nSPS) is 13.4. The Hall–Kier alpha value is -1.07. The summed E-state index contributed by atoms with van der Waals surface area (Å²) < 4.78 is 7.57. The molecule has 0 aliphatic rings. The lowest BCUT2D eigenvalue weighted by Crippen LogP contribution is -2.46. The number of hydrogen-bond donors (Lipinski definition) is 3. The van der Waals surface area contributed by atoms with E-state index in [1.54, 1.807) is 24.3 Å². The highest BCUT2D eigenvalue weighted by atomic mass is 127. The molecule has 0 unspecified atom stereocenters. The van der Waals surface area contributed by atoms with Crippen LogP contribution < -0.4 is 10.5 Å². The maximum Gasteiger partial charge on any atom is 0.323 e. The van der Waals surface area contributed by atoms with Crippen LogP contribution in [0.4, 0.5) is 0 Å². The molecule has 0 spiro atoms. The lowest BCUT2D eigenvalue weighted by atomic mass is 9.94. The zero-order valence-corrected chi connectivity index (χ0v) is 16.5. The number of carboxylic acids is 1. The van der Waals surface area contributed by atoms with E-state index in [0.29, 0.717) is 11.5 Å². The van der Waals surface area contributed by atoms with E-state index in [-0.39, 0.29) is 12.2 Å². The summed E-state index contributed by atoms with van der Waals surface area (Å²) in [5, 5.41) is 18.4. The molecular weight excluding hydrogens is 524 g/mol. The largest absolute Gasteiger partial charge is 0.508 e. The first-order chi connectivity index (χ1) is 10.7. The second-order valence-electron chi connectivity index (χ2n) is 5.38. The molecule has 0 heterocycles. The van der Waals surface area contributed by atoms with Crippen LogP contribution >= 0.6 is 45.2 Å². The molecular formula is C16H15I2NO4. The molecule has 0 radical (unpaired) electrons. The first-order valence-corrected chi connectivity index (χ1v) is 8.82. The third-order valence-corrected chi connectivity index (χ3v) is 4.78. The predicted molar refractivity (Wildman–Crippen MR) is 104 cm³/mol. The van der Waals surface area contributed by atoms with E-state index in [1.807, 2.05) is 12.1 Å². The molecule has 0 aliphatic heterocycles. The van der Waals surface area contributed by atoms with E-state index in [1.165, 1.54) is 6.92 Å². The number of rotatable bonds is 5. The molecule has 122 valence electrons. The van der Waals surface area contributed by atoms with Crippen LogP contribution in [0.5, 0.6) is 17.2 Å². The van der Waals surface area contributed by atoms with Crippen molar-refractivity contribution in [2.75, 3.05) is 0 Å². The number of hydrogen-bond acceptors (Lipinski definition) is 4. The van der Waals surface area contributed by atoms with Gasteiger partial charge in [-0.2, -0.15) is 0 Å². The van der Waals surface area contributed by atoms with Crippen LogP contribution in [-0.2, 0) is 11.2 Å². The van der Waals surface area contributed by atoms with Crippen molar-refractivity contribution < 1.29 is 19.7 Å². The van der Waals surface area contributed by atoms with Gasteiger partial charge in [0.25, 0.3) is 0 Å². The van der Waals surface area contributed by atoms with Gasteiger partial charge in [0.2, 0.25) is 0 Å². The SMILES string of the molecule is C[C@](N)(Cc1cc(I)c(Oc2ccc(O)cc2)c(I)c1)C(=O)O. The first kappa shape index (κ1) is 18.3.